The molecule has 17 heavy (non-hydrogen) atoms. The summed E-state index contributed by atoms with van der Waals surface area (Å²) in [5.41, 5.74) is 0.920. The number of aliphatic carboxylic acids is 1. The molecule has 1 atom stereocenters. The average molecular weight is 234 g/mol. The molecule has 1 unspecified atom stereocenters. The quantitative estimate of drug-likeness (QED) is 0.627. The SMILES string of the molecule is C=Cc1ccc(OC(=O)C(C)CC(=O)O)cc1. The van der Waals surface area contributed by atoms with E-state index in [1.54, 1.807) is 30.3 Å². The Labute approximate surface area is 99.5 Å². The van der Waals surface area contributed by atoms with Crippen LogP contribution in [-0.2, 0) is 9.59 Å². The normalized spacial score (nSPS) is 11.6. The lowest BCUT2D eigenvalue weighted by molar-refractivity contribution is -0.145. The van der Waals surface area contributed by atoms with Gasteiger partial charge in [0.05, 0.1) is 12.3 Å². The molecular weight excluding hydrogens is 220 g/mol. The third kappa shape index (κ3) is 4.10. The molecule has 0 bridgehead atoms. The zero-order chi connectivity index (χ0) is 12.8. The molecule has 0 aliphatic carbocycles. The smallest absolute Gasteiger partial charge is 0.314 e. The van der Waals surface area contributed by atoms with E-state index in [9.17, 15) is 9.59 Å². The molecule has 0 aromatic heterocycles. The molecular formula is C13H14O4. The van der Waals surface area contributed by atoms with E-state index in [1.165, 1.54) is 6.92 Å². The van der Waals surface area contributed by atoms with Gasteiger partial charge in [0.15, 0.2) is 0 Å². The Morgan fingerprint density at radius 2 is 2.00 bits per heavy atom. The van der Waals surface area contributed by atoms with Gasteiger partial charge in [-0.3, -0.25) is 9.59 Å². The number of hydrogen-bond acceptors (Lipinski definition) is 3. The van der Waals surface area contributed by atoms with E-state index in [1.807, 2.05) is 0 Å². The van der Waals surface area contributed by atoms with Gasteiger partial charge in [0, 0.05) is 0 Å². The van der Waals surface area contributed by atoms with Crippen LogP contribution >= 0.6 is 0 Å². The number of carbonyl (C=O) groups is 2. The first-order chi connectivity index (χ1) is 8.02. The van der Waals surface area contributed by atoms with Crippen molar-refractivity contribution in [2.45, 2.75) is 13.3 Å². The van der Waals surface area contributed by atoms with Crippen molar-refractivity contribution in [3.8, 4) is 5.75 Å². The Morgan fingerprint density at radius 1 is 1.41 bits per heavy atom. The van der Waals surface area contributed by atoms with E-state index in [0.717, 1.165) is 5.56 Å². The third-order valence-electron chi connectivity index (χ3n) is 2.22. The van der Waals surface area contributed by atoms with E-state index in [-0.39, 0.29) is 6.42 Å². The van der Waals surface area contributed by atoms with Crippen LogP contribution in [0.1, 0.15) is 18.9 Å². The van der Waals surface area contributed by atoms with Gasteiger partial charge in [0.1, 0.15) is 5.75 Å². The second-order valence-corrected chi connectivity index (χ2v) is 3.69. The molecule has 1 aromatic rings. The van der Waals surface area contributed by atoms with Crippen LogP contribution in [0, 0.1) is 5.92 Å². The van der Waals surface area contributed by atoms with E-state index in [4.69, 9.17) is 9.84 Å². The van der Waals surface area contributed by atoms with Crippen LogP contribution in [0.15, 0.2) is 30.8 Å². The number of carboxylic acids is 1. The predicted molar refractivity (Wildman–Crippen MR) is 63.6 cm³/mol. The Hall–Kier alpha value is -2.10. The number of ether oxygens (including phenoxy) is 1. The highest BCUT2D eigenvalue weighted by Crippen LogP contribution is 2.15. The zero-order valence-corrected chi connectivity index (χ0v) is 9.55. The van der Waals surface area contributed by atoms with Crippen LogP contribution in [0.5, 0.6) is 5.75 Å². The third-order valence-corrected chi connectivity index (χ3v) is 2.22. The predicted octanol–water partition coefficient (Wildman–Crippen LogP) is 2.35. The van der Waals surface area contributed by atoms with Crippen LogP contribution in [0.2, 0.25) is 0 Å². The number of carboxylic acid groups (broad SMARTS) is 1. The van der Waals surface area contributed by atoms with Gasteiger partial charge in [0.2, 0.25) is 0 Å². The number of esters is 1. The molecule has 1 aromatic carbocycles. The summed E-state index contributed by atoms with van der Waals surface area (Å²) >= 11 is 0. The molecule has 0 amide bonds. The molecule has 0 radical (unpaired) electrons. The summed E-state index contributed by atoms with van der Waals surface area (Å²) in [6.07, 6.45) is 1.45. The first-order valence-corrected chi connectivity index (χ1v) is 5.19. The molecule has 0 fully saturated rings. The zero-order valence-electron chi connectivity index (χ0n) is 9.55. The Bertz CT molecular complexity index is 420. The number of benzene rings is 1. The lowest BCUT2D eigenvalue weighted by atomic mass is 10.1. The molecule has 0 saturated carbocycles. The molecule has 0 saturated heterocycles. The van der Waals surface area contributed by atoms with Gasteiger partial charge >= 0.3 is 11.9 Å². The molecule has 1 rings (SSSR count). The molecule has 90 valence electrons. The van der Waals surface area contributed by atoms with Crippen molar-refractivity contribution in [1.29, 1.82) is 0 Å². The average Bonchev–Trinajstić information content (AvgIpc) is 2.29. The van der Waals surface area contributed by atoms with Crippen LogP contribution in [0.3, 0.4) is 0 Å². The van der Waals surface area contributed by atoms with Crippen molar-refractivity contribution in [3.05, 3.63) is 36.4 Å². The summed E-state index contributed by atoms with van der Waals surface area (Å²) in [7, 11) is 0. The number of carbonyl (C=O) groups excluding carboxylic acids is 1. The number of hydrogen-bond donors (Lipinski definition) is 1. The molecule has 0 aliphatic heterocycles. The first kappa shape index (κ1) is 13.0. The summed E-state index contributed by atoms with van der Waals surface area (Å²) in [5.74, 6) is -1.82. The topological polar surface area (TPSA) is 63.6 Å². The van der Waals surface area contributed by atoms with E-state index < -0.39 is 17.9 Å². The minimum Gasteiger partial charge on any atom is -0.481 e. The molecule has 4 nitrogen and oxygen atoms in total. The van der Waals surface area contributed by atoms with Gasteiger partial charge in [0.25, 0.3) is 0 Å². The second-order valence-electron chi connectivity index (χ2n) is 3.69. The minimum atomic E-state index is -1.02. The Morgan fingerprint density at radius 3 is 2.47 bits per heavy atom. The largest absolute Gasteiger partial charge is 0.481 e. The Balaban J connectivity index is 2.61. The molecule has 1 N–H and O–H groups in total. The van der Waals surface area contributed by atoms with E-state index >= 15 is 0 Å². The molecule has 4 heteroatoms. The highest BCUT2D eigenvalue weighted by molar-refractivity contribution is 5.80. The van der Waals surface area contributed by atoms with Gasteiger partial charge in [-0.15, -0.1) is 0 Å². The fourth-order valence-electron chi connectivity index (χ4n) is 1.23. The maximum atomic E-state index is 11.5. The maximum absolute atomic E-state index is 11.5. The van der Waals surface area contributed by atoms with Gasteiger partial charge < -0.3 is 9.84 Å². The standard InChI is InChI=1S/C13H14O4/c1-3-10-4-6-11(7-5-10)17-13(16)9(2)8-12(14)15/h3-7,9H,1,8H2,2H3,(H,14,15). The maximum Gasteiger partial charge on any atom is 0.314 e. The molecule has 0 heterocycles. The van der Waals surface area contributed by atoms with Gasteiger partial charge in [-0.1, -0.05) is 31.7 Å². The lowest BCUT2D eigenvalue weighted by Crippen LogP contribution is -2.20. The van der Waals surface area contributed by atoms with Crippen LogP contribution in [-0.4, -0.2) is 17.0 Å². The van der Waals surface area contributed by atoms with Crippen molar-refractivity contribution >= 4 is 18.0 Å². The highest BCUT2D eigenvalue weighted by Gasteiger charge is 2.18. The lowest BCUT2D eigenvalue weighted by Gasteiger charge is -2.08. The summed E-state index contributed by atoms with van der Waals surface area (Å²) in [4.78, 5) is 21.9. The molecule has 0 aliphatic rings. The van der Waals surface area contributed by atoms with E-state index in [0.29, 0.717) is 5.75 Å². The monoisotopic (exact) mass is 234 g/mol. The second kappa shape index (κ2) is 5.84. The van der Waals surface area contributed by atoms with E-state index in [2.05, 4.69) is 6.58 Å². The van der Waals surface area contributed by atoms with Crippen molar-refractivity contribution in [1.82, 2.24) is 0 Å². The summed E-state index contributed by atoms with van der Waals surface area (Å²) < 4.78 is 5.04. The highest BCUT2D eigenvalue weighted by atomic mass is 16.5. The van der Waals surface area contributed by atoms with Crippen LogP contribution in [0.25, 0.3) is 6.08 Å². The fourth-order valence-corrected chi connectivity index (χ4v) is 1.23. The minimum absolute atomic E-state index is 0.233. The summed E-state index contributed by atoms with van der Waals surface area (Å²) in [5, 5.41) is 8.55. The Kier molecular flexibility index (Phi) is 4.46. The van der Waals surface area contributed by atoms with Gasteiger partial charge in [-0.25, -0.2) is 0 Å². The first-order valence-electron chi connectivity index (χ1n) is 5.19. The molecule has 0 spiro atoms. The van der Waals surface area contributed by atoms with Gasteiger partial charge in [-0.05, 0) is 17.7 Å². The van der Waals surface area contributed by atoms with Crippen LogP contribution in [0.4, 0.5) is 0 Å². The summed E-state index contributed by atoms with van der Waals surface area (Å²) in [6.45, 7) is 5.13. The van der Waals surface area contributed by atoms with Crippen molar-refractivity contribution in [2.24, 2.45) is 5.92 Å². The van der Waals surface area contributed by atoms with Gasteiger partial charge in [-0.2, -0.15) is 0 Å². The van der Waals surface area contributed by atoms with Crippen molar-refractivity contribution in [3.63, 3.8) is 0 Å². The summed E-state index contributed by atoms with van der Waals surface area (Å²) in [6, 6.07) is 6.81. The van der Waals surface area contributed by atoms with Crippen molar-refractivity contribution < 1.29 is 19.4 Å². The fraction of sp³-hybridized carbons (Fsp3) is 0.231. The number of rotatable bonds is 5. The van der Waals surface area contributed by atoms with Crippen LogP contribution < -0.4 is 4.74 Å². The van der Waals surface area contributed by atoms with Crippen molar-refractivity contribution in [2.75, 3.05) is 0 Å².